The van der Waals surface area contributed by atoms with Crippen molar-refractivity contribution < 1.29 is 51.8 Å². The van der Waals surface area contributed by atoms with Crippen molar-refractivity contribution >= 4 is 79.3 Å². The van der Waals surface area contributed by atoms with Gasteiger partial charge in [0.15, 0.2) is 6.73 Å². The number of piperazine rings is 2. The highest BCUT2D eigenvalue weighted by Crippen LogP contribution is 2.33. The van der Waals surface area contributed by atoms with E-state index in [0.29, 0.717) is 96.5 Å². The van der Waals surface area contributed by atoms with E-state index in [1.165, 1.54) is 96.3 Å². The molecule has 25 nitrogen and oxygen atoms in total. The van der Waals surface area contributed by atoms with Crippen LogP contribution in [0.3, 0.4) is 0 Å². The number of rotatable bonds is 32. The lowest BCUT2D eigenvalue weighted by molar-refractivity contribution is -0.192. The van der Waals surface area contributed by atoms with E-state index in [9.17, 15) is 46.7 Å². The molecule has 10 heterocycles. The summed E-state index contributed by atoms with van der Waals surface area (Å²) in [5.41, 5.74) is 8.96. The molecule has 6 aliphatic heterocycles. The smallest absolute Gasteiger partial charge is 0.475 e. The molecule has 5 N–H and O–H groups in total. The Bertz CT molecular complexity index is 4900. The summed E-state index contributed by atoms with van der Waals surface area (Å²) in [6.07, 6.45) is 28.3. The van der Waals surface area contributed by atoms with Crippen LogP contribution in [0.15, 0.2) is 107 Å². The van der Waals surface area contributed by atoms with Crippen LogP contribution in [0.5, 0.6) is 0 Å². The number of urea groups is 1. The van der Waals surface area contributed by atoms with Gasteiger partial charge < -0.3 is 54.5 Å². The molecule has 6 fully saturated rings. The van der Waals surface area contributed by atoms with Crippen molar-refractivity contribution in [1.82, 2.24) is 74.5 Å². The zero-order valence-electron chi connectivity index (χ0n) is 73.2. The number of fused-ring (bicyclic) bond motifs is 4. The number of pyridine rings is 2. The number of aryl methyl sites for hydroxylation is 2. The molecule has 123 heavy (non-hydrogen) atoms. The molecule has 14 rings (SSSR count). The van der Waals surface area contributed by atoms with Crippen molar-refractivity contribution in [2.75, 3.05) is 119 Å². The second kappa shape index (κ2) is 45.4. The maximum Gasteiger partial charge on any atom is 0.490 e. The van der Waals surface area contributed by atoms with Crippen LogP contribution in [0.4, 0.5) is 18.0 Å². The third-order valence-electron chi connectivity index (χ3n) is 26.6. The van der Waals surface area contributed by atoms with Crippen LogP contribution in [-0.4, -0.2) is 253 Å². The van der Waals surface area contributed by atoms with Gasteiger partial charge in [-0.15, -0.1) is 0 Å². The summed E-state index contributed by atoms with van der Waals surface area (Å²) < 4.78 is 39.1. The van der Waals surface area contributed by atoms with Gasteiger partial charge in [-0.05, 0) is 200 Å². The van der Waals surface area contributed by atoms with Gasteiger partial charge in [-0.25, -0.2) is 14.3 Å². The summed E-state index contributed by atoms with van der Waals surface area (Å²) in [5.74, 6) is -3.18. The molecule has 6 aliphatic rings. The third kappa shape index (κ3) is 26.5. The molecule has 0 unspecified atom stereocenters. The van der Waals surface area contributed by atoms with Gasteiger partial charge in [0.2, 0.25) is 17.7 Å². The normalized spacial score (nSPS) is 17.9. The first kappa shape index (κ1) is 92.7. The zero-order valence-corrected chi connectivity index (χ0v) is 73.2. The zero-order chi connectivity index (χ0) is 86.9. The van der Waals surface area contributed by atoms with Crippen LogP contribution >= 0.6 is 0 Å². The molecule has 0 radical (unpaired) electrons. The summed E-state index contributed by atoms with van der Waals surface area (Å²) in [4.78, 5) is 128. The number of unbranched alkanes of at least 4 members (excludes halogenated alkanes) is 15. The number of H-pyrrole nitrogens is 3. The fourth-order valence-corrected chi connectivity index (χ4v) is 19.2. The highest BCUT2D eigenvalue weighted by Gasteiger charge is 2.40. The lowest BCUT2D eigenvalue weighted by Crippen LogP contribution is -2.59. The van der Waals surface area contributed by atoms with Gasteiger partial charge in [0.25, 0.3) is 11.1 Å². The number of nitrogens with one attached hydrogen (secondary N) is 4. The highest BCUT2D eigenvalue weighted by molar-refractivity contribution is 5.90. The van der Waals surface area contributed by atoms with Crippen LogP contribution in [0.1, 0.15) is 219 Å². The van der Waals surface area contributed by atoms with E-state index < -0.39 is 24.1 Å². The number of aromatic amines is 3. The van der Waals surface area contributed by atoms with E-state index in [0.717, 1.165) is 174 Å². The molecule has 5 amide bonds. The second-order valence-electron chi connectivity index (χ2n) is 35.6. The Kier molecular flexibility index (Phi) is 34.2. The predicted octanol–water partition coefficient (Wildman–Crippen LogP) is 14.6. The molecule has 6 saturated heterocycles. The van der Waals surface area contributed by atoms with E-state index in [-0.39, 0.29) is 65.8 Å². The molecular weight excluding hydrogens is 1570 g/mol. The summed E-state index contributed by atoms with van der Waals surface area (Å²) in [5, 5.41) is 26.3. The Morgan fingerprint density at radius 1 is 0.528 bits per heavy atom. The topological polar surface area (TPSA) is 282 Å². The number of esters is 1. The Morgan fingerprint density at radius 2 is 0.984 bits per heavy atom. The number of piperidine rings is 4. The molecule has 0 bridgehead atoms. The number of carboxylic acids is 1. The summed E-state index contributed by atoms with van der Waals surface area (Å²) in [7, 11) is 4.37. The average molecular weight is 1700 g/mol. The maximum absolute atomic E-state index is 14.5. The minimum atomic E-state index is -5.08. The Hall–Kier alpha value is -9.51. The van der Waals surface area contributed by atoms with Crippen molar-refractivity contribution in [3.8, 4) is 0 Å². The molecule has 8 aromatic rings. The van der Waals surface area contributed by atoms with Crippen molar-refractivity contribution in [1.29, 1.82) is 0 Å². The molecule has 2 atom stereocenters. The molecule has 4 aromatic heterocycles. The van der Waals surface area contributed by atoms with Crippen LogP contribution < -0.4 is 16.4 Å². The number of aliphatic carboxylic acids is 1. The summed E-state index contributed by atoms with van der Waals surface area (Å²) in [6, 6.07) is 28.1. The number of ether oxygens (including phenoxy) is 1. The number of aromatic nitrogens is 6. The largest absolute Gasteiger partial charge is 0.490 e. The lowest BCUT2D eigenvalue weighted by Gasteiger charge is -2.43. The number of carbonyl (C=O) groups excluding carboxylic acids is 5. The molecular formula is C95H132F3N15O10. The molecule has 668 valence electrons. The van der Waals surface area contributed by atoms with Crippen molar-refractivity contribution in [3.63, 3.8) is 0 Å². The first-order chi connectivity index (χ1) is 59.4. The number of amides is 5. The SMILES string of the molecule is CCCCCCCCCCCCCCCCCCC(=O)OCn1cc2cc(C[C@@H](NC(=O)N3CCC(c4cc5ccccc5[nH]c4=O)CC3)C(=O)N3CCN(C4CCN(C)CC4)CC3)cc(C)c2n1.Cc1cc(C[C@@H](CC(=O)N2CCC(c3cc4ccccc4[nH]c3=O)CC2)C(=O)N2CCN(C3CCN(C)CC3)CC2)cc2cn[nH]c12.O=C(O)C(F)(F)F. The minimum absolute atomic E-state index is 0.0280. The van der Waals surface area contributed by atoms with Gasteiger partial charge in [0, 0.05) is 149 Å². The molecule has 4 aromatic carbocycles. The molecule has 28 heteroatoms. The Balaban J connectivity index is 0.000000220. The standard InChI is InChI=1S/C56H84N8O5.C37H47N7O3.C2HF3O2/c1-4-5-6-7-8-9-10-11-12-13-14-15-16-17-18-19-24-52(65)69-42-64-41-47-38-44(37-43(2)53(47)59-64)39-51(55(67)62-35-33-61(34-36-62)48-27-29-60(3)30-28-48)58-56(68)63-31-25-45(26-32-63)49-40-46-22-20-21-23-50(46)57-54(49)66;1-25-19-26(21-30-24-38-40-35(25)30)20-29(37(47)44-17-15-42(16-18-44)31-9-11-41(2)12-10-31)23-34(45)43-13-7-27(8-14-43)32-22-28-5-3-4-6-33(28)39-36(32)46;3-2(4,5)1(6)7/h20-23,37-38,40-41,45,48,51H,4-19,24-36,39,42H2,1-3H3,(H,57,66)(H,58,68);3-6,19,21-22,24,27,29,31H,7-18,20,23H2,1-2H3,(H,38,40)(H,39,46);(H,6,7)/t51-;29-;/m10./s1. The number of hydrogen-bond acceptors (Lipinski definition) is 15. The number of para-hydroxylation sites is 2. The van der Waals surface area contributed by atoms with Crippen LogP contribution in [0, 0.1) is 19.8 Å². The molecule has 0 spiro atoms. The highest BCUT2D eigenvalue weighted by atomic mass is 19.4. The molecule has 0 saturated carbocycles. The minimum Gasteiger partial charge on any atom is -0.475 e. The Labute approximate surface area is 721 Å². The van der Waals surface area contributed by atoms with Gasteiger partial charge in [0.1, 0.15) is 6.04 Å². The summed E-state index contributed by atoms with van der Waals surface area (Å²) >= 11 is 0. The fraction of sp³-hybridized carbons (Fsp3) is 0.600. The first-order valence-electron chi connectivity index (χ1n) is 45.8. The van der Waals surface area contributed by atoms with Gasteiger partial charge in [-0.3, -0.25) is 43.7 Å². The number of likely N-dealkylation sites (tertiary alicyclic amines) is 4. The van der Waals surface area contributed by atoms with Crippen LogP contribution in [0.25, 0.3) is 43.6 Å². The van der Waals surface area contributed by atoms with E-state index in [1.54, 1.807) is 9.58 Å². The van der Waals surface area contributed by atoms with E-state index >= 15 is 0 Å². The number of alkyl halides is 3. The lowest BCUT2D eigenvalue weighted by atomic mass is 9.88. The van der Waals surface area contributed by atoms with E-state index in [2.05, 4.69) is 91.2 Å². The van der Waals surface area contributed by atoms with Gasteiger partial charge in [-0.1, -0.05) is 152 Å². The second-order valence-corrected chi connectivity index (χ2v) is 35.6. The number of nitrogens with zero attached hydrogens (tertiary/aromatic N) is 11. The van der Waals surface area contributed by atoms with E-state index in [4.69, 9.17) is 19.7 Å². The van der Waals surface area contributed by atoms with Crippen LogP contribution in [0.2, 0.25) is 0 Å². The van der Waals surface area contributed by atoms with E-state index in [1.807, 2.05) is 101 Å². The molecule has 0 aliphatic carbocycles. The monoisotopic (exact) mass is 1700 g/mol. The number of benzene rings is 4. The number of carboxylic acid groups (broad SMARTS) is 1. The van der Waals surface area contributed by atoms with Crippen LogP contribution in [-0.2, 0) is 48.3 Å². The Morgan fingerprint density at radius 3 is 1.49 bits per heavy atom. The van der Waals surface area contributed by atoms with Crippen molar-refractivity contribution in [2.24, 2.45) is 5.92 Å². The summed E-state index contributed by atoms with van der Waals surface area (Å²) in [6.45, 7) is 19.1. The average Bonchev–Trinajstić information content (AvgIpc) is 1.77. The first-order valence-corrected chi connectivity index (χ1v) is 45.8. The third-order valence-corrected chi connectivity index (χ3v) is 26.6. The quantitative estimate of drug-likeness (QED) is 0.0193. The van der Waals surface area contributed by atoms with Gasteiger partial charge in [-0.2, -0.15) is 23.4 Å². The van der Waals surface area contributed by atoms with Crippen molar-refractivity contribution in [2.45, 2.75) is 243 Å². The van der Waals surface area contributed by atoms with Crippen molar-refractivity contribution in [3.05, 3.63) is 151 Å². The maximum atomic E-state index is 14.5. The number of carbonyl (C=O) groups is 6. The number of halogens is 3. The van der Waals surface area contributed by atoms with Gasteiger partial charge in [0.05, 0.1) is 23.1 Å². The fourth-order valence-electron chi connectivity index (χ4n) is 19.2. The number of hydrogen-bond donors (Lipinski definition) is 5. The van der Waals surface area contributed by atoms with Gasteiger partial charge >= 0.3 is 24.1 Å². The predicted molar refractivity (Wildman–Crippen MR) is 476 cm³/mol.